The predicted molar refractivity (Wildman–Crippen MR) is 147 cm³/mol. The number of hydrogen-bond donors (Lipinski definition) is 2. The van der Waals surface area contributed by atoms with Crippen molar-refractivity contribution in [1.29, 1.82) is 0 Å². The van der Waals surface area contributed by atoms with Crippen LogP contribution in [0, 0.1) is 6.92 Å². The van der Waals surface area contributed by atoms with Gasteiger partial charge in [0, 0.05) is 27.7 Å². The van der Waals surface area contributed by atoms with Crippen molar-refractivity contribution in [3.05, 3.63) is 106 Å². The average molecular weight is 537 g/mol. The third kappa shape index (κ3) is 5.94. The Labute approximate surface area is 223 Å². The number of rotatable bonds is 7. The molecule has 0 saturated carbocycles. The topological polar surface area (TPSA) is 79.9 Å². The minimum atomic E-state index is -0.319. The van der Waals surface area contributed by atoms with Gasteiger partial charge < -0.3 is 9.72 Å². The fourth-order valence-electron chi connectivity index (χ4n) is 3.50. The van der Waals surface area contributed by atoms with Crippen LogP contribution < -0.4 is 10.1 Å². The van der Waals surface area contributed by atoms with Gasteiger partial charge in [0.2, 0.25) is 0 Å². The van der Waals surface area contributed by atoms with Crippen molar-refractivity contribution < 1.29 is 9.53 Å². The van der Waals surface area contributed by atoms with Gasteiger partial charge in [-0.25, -0.2) is 9.97 Å². The summed E-state index contributed by atoms with van der Waals surface area (Å²) in [4.78, 5) is 25.2. The monoisotopic (exact) mass is 536 g/mol. The summed E-state index contributed by atoms with van der Waals surface area (Å²) in [7, 11) is 0. The summed E-state index contributed by atoms with van der Waals surface area (Å²) >= 11 is 7.30. The van der Waals surface area contributed by atoms with Gasteiger partial charge in [-0.1, -0.05) is 53.6 Å². The quantitative estimate of drug-likeness (QED) is 0.227. The van der Waals surface area contributed by atoms with Gasteiger partial charge in [0.25, 0.3) is 5.91 Å². The van der Waals surface area contributed by atoms with Crippen molar-refractivity contribution in [2.24, 2.45) is 0 Å². The van der Waals surface area contributed by atoms with Crippen LogP contribution >= 0.6 is 35.3 Å². The van der Waals surface area contributed by atoms with Crippen molar-refractivity contribution >= 4 is 46.4 Å². The molecule has 0 saturated heterocycles. The summed E-state index contributed by atoms with van der Waals surface area (Å²) in [5.74, 6) is 1.01. The lowest BCUT2D eigenvalue weighted by Crippen LogP contribution is -2.13. The molecule has 2 N–H and O–H groups in total. The van der Waals surface area contributed by atoms with Crippen LogP contribution in [0.4, 0.5) is 5.13 Å². The highest BCUT2D eigenvalue weighted by Crippen LogP contribution is 2.28. The minimum Gasteiger partial charge on any atom is -0.489 e. The number of hydrogen-bond acceptors (Lipinski definition) is 5. The highest BCUT2D eigenvalue weighted by molar-refractivity contribution is 7.13. The van der Waals surface area contributed by atoms with Gasteiger partial charge in [-0.3, -0.25) is 10.1 Å². The molecular weight excluding hydrogens is 515 g/mol. The zero-order chi connectivity index (χ0) is 24.2. The van der Waals surface area contributed by atoms with Crippen molar-refractivity contribution in [2.75, 3.05) is 5.32 Å². The normalized spacial score (nSPS) is 10.5. The van der Waals surface area contributed by atoms with Gasteiger partial charge >= 0.3 is 0 Å². The third-order valence-electron chi connectivity index (χ3n) is 5.36. The van der Waals surface area contributed by atoms with Crippen LogP contribution in [-0.4, -0.2) is 20.9 Å². The molecular formula is C27H22Cl2N4O2S. The minimum absolute atomic E-state index is 0. The fraction of sp³-hybridized carbons (Fsp3) is 0.0741. The molecule has 0 spiro atoms. The molecule has 2 aromatic heterocycles. The van der Waals surface area contributed by atoms with Gasteiger partial charge in [-0.05, 0) is 48.9 Å². The lowest BCUT2D eigenvalue weighted by molar-refractivity contribution is 0.102. The average Bonchev–Trinajstić information content (AvgIpc) is 3.55. The SMILES string of the molecule is Cc1ccc(-c2[nH]c(-c3ccc(OCc4ccc(Cl)cc4)cc3)nc2C(=O)Nc2nccs2)cc1.Cl. The molecule has 0 aliphatic heterocycles. The Kier molecular flexibility index (Phi) is 8.05. The standard InChI is InChI=1S/C27H21ClN4O2S.ClH/c1-17-2-6-19(7-3-17)23-24(26(33)32-27-29-14-15-35-27)31-25(30-23)20-8-12-22(13-9-20)34-16-18-4-10-21(28)11-5-18;/h2-15H,16H2,1H3,(H,30,31)(H,29,32,33);1H. The number of amides is 1. The van der Waals surface area contributed by atoms with E-state index in [0.717, 1.165) is 28.0 Å². The molecule has 182 valence electrons. The number of carbonyl (C=O) groups is 1. The smallest absolute Gasteiger partial charge is 0.278 e. The van der Waals surface area contributed by atoms with E-state index in [-0.39, 0.29) is 18.3 Å². The number of aromatic nitrogens is 3. The number of nitrogens with zero attached hydrogens (tertiary/aromatic N) is 2. The summed E-state index contributed by atoms with van der Waals surface area (Å²) < 4.78 is 5.89. The van der Waals surface area contributed by atoms with Gasteiger partial charge in [-0.15, -0.1) is 23.7 Å². The van der Waals surface area contributed by atoms with E-state index in [4.69, 9.17) is 16.3 Å². The number of thiazole rings is 1. The Bertz CT molecular complexity index is 1430. The summed E-state index contributed by atoms with van der Waals surface area (Å²) in [6, 6.07) is 23.1. The number of anilines is 1. The van der Waals surface area contributed by atoms with Crippen LogP contribution in [0.3, 0.4) is 0 Å². The Morgan fingerprint density at radius 3 is 2.36 bits per heavy atom. The van der Waals surface area contributed by atoms with E-state index in [1.54, 1.807) is 6.20 Å². The highest BCUT2D eigenvalue weighted by atomic mass is 35.5. The Morgan fingerprint density at radius 2 is 1.69 bits per heavy atom. The molecule has 0 fully saturated rings. The molecule has 5 rings (SSSR count). The maximum atomic E-state index is 13.1. The third-order valence-corrected chi connectivity index (χ3v) is 6.30. The second-order valence-electron chi connectivity index (χ2n) is 7.91. The van der Waals surface area contributed by atoms with E-state index in [0.29, 0.717) is 34.0 Å². The van der Waals surface area contributed by atoms with Crippen molar-refractivity contribution in [2.45, 2.75) is 13.5 Å². The summed E-state index contributed by atoms with van der Waals surface area (Å²) in [5.41, 5.74) is 4.84. The zero-order valence-corrected chi connectivity index (χ0v) is 21.6. The number of aryl methyl sites for hydroxylation is 1. The van der Waals surface area contributed by atoms with E-state index in [1.165, 1.54) is 11.3 Å². The van der Waals surface area contributed by atoms with Crippen LogP contribution in [0.5, 0.6) is 5.75 Å². The van der Waals surface area contributed by atoms with E-state index >= 15 is 0 Å². The first-order chi connectivity index (χ1) is 17.0. The zero-order valence-electron chi connectivity index (χ0n) is 19.2. The molecule has 0 bridgehead atoms. The molecule has 0 atom stereocenters. The first-order valence-electron chi connectivity index (χ1n) is 10.9. The molecule has 0 radical (unpaired) electrons. The van der Waals surface area contributed by atoms with Crippen molar-refractivity contribution in [3.63, 3.8) is 0 Å². The number of imidazole rings is 1. The Morgan fingerprint density at radius 1 is 1.00 bits per heavy atom. The molecule has 0 aliphatic rings. The predicted octanol–water partition coefficient (Wildman–Crippen LogP) is 7.42. The summed E-state index contributed by atoms with van der Waals surface area (Å²) in [6.07, 6.45) is 1.65. The molecule has 3 aromatic carbocycles. The van der Waals surface area contributed by atoms with E-state index in [1.807, 2.05) is 85.1 Å². The van der Waals surface area contributed by atoms with E-state index in [2.05, 4.69) is 20.3 Å². The van der Waals surface area contributed by atoms with Crippen molar-refractivity contribution in [3.8, 4) is 28.4 Å². The molecule has 0 aliphatic carbocycles. The van der Waals surface area contributed by atoms with E-state index < -0.39 is 0 Å². The van der Waals surface area contributed by atoms with E-state index in [9.17, 15) is 4.79 Å². The number of H-pyrrole nitrogens is 1. The molecule has 5 aromatic rings. The molecule has 9 heteroatoms. The van der Waals surface area contributed by atoms with Crippen LogP contribution in [0.2, 0.25) is 5.02 Å². The molecule has 1 amide bonds. The van der Waals surface area contributed by atoms with Gasteiger partial charge in [0.15, 0.2) is 10.8 Å². The molecule has 2 heterocycles. The second-order valence-corrected chi connectivity index (χ2v) is 9.24. The number of nitrogens with one attached hydrogen (secondary N) is 2. The van der Waals surface area contributed by atoms with Crippen LogP contribution in [-0.2, 0) is 6.61 Å². The Balaban J connectivity index is 0.00000304. The Hall–Kier alpha value is -3.65. The number of benzene rings is 3. The van der Waals surface area contributed by atoms with Crippen LogP contribution in [0.25, 0.3) is 22.6 Å². The van der Waals surface area contributed by atoms with Gasteiger partial charge in [-0.2, -0.15) is 0 Å². The second kappa shape index (κ2) is 11.4. The molecule has 0 unspecified atom stereocenters. The highest BCUT2D eigenvalue weighted by Gasteiger charge is 2.20. The maximum absolute atomic E-state index is 13.1. The van der Waals surface area contributed by atoms with Crippen LogP contribution in [0.1, 0.15) is 21.6 Å². The van der Waals surface area contributed by atoms with Gasteiger partial charge in [0.1, 0.15) is 18.2 Å². The lowest BCUT2D eigenvalue weighted by Gasteiger charge is -2.07. The summed E-state index contributed by atoms with van der Waals surface area (Å²) in [6.45, 7) is 2.46. The first kappa shape index (κ1) is 25.4. The first-order valence-corrected chi connectivity index (χ1v) is 12.2. The number of ether oxygens (including phenoxy) is 1. The largest absolute Gasteiger partial charge is 0.489 e. The fourth-order valence-corrected chi connectivity index (χ4v) is 4.15. The number of aromatic amines is 1. The number of halogens is 2. The van der Waals surface area contributed by atoms with Crippen LogP contribution in [0.15, 0.2) is 84.4 Å². The van der Waals surface area contributed by atoms with Gasteiger partial charge in [0.05, 0.1) is 5.69 Å². The van der Waals surface area contributed by atoms with Crippen molar-refractivity contribution in [1.82, 2.24) is 15.0 Å². The molecule has 6 nitrogen and oxygen atoms in total. The summed E-state index contributed by atoms with van der Waals surface area (Å²) in [5, 5.41) is 5.86. The lowest BCUT2D eigenvalue weighted by atomic mass is 10.1. The number of carbonyl (C=O) groups excluding carboxylic acids is 1. The maximum Gasteiger partial charge on any atom is 0.278 e. The molecule has 36 heavy (non-hydrogen) atoms.